The largest absolute Gasteiger partial charge is 0.383 e. The number of carbonyl (C=O) groups excluding carboxylic acids is 1. The first-order valence-electron chi connectivity index (χ1n) is 5.81. The van der Waals surface area contributed by atoms with Crippen molar-refractivity contribution in [2.24, 2.45) is 5.73 Å². The molecule has 0 spiro atoms. The van der Waals surface area contributed by atoms with Gasteiger partial charge in [-0.05, 0) is 24.6 Å². The molecule has 1 aromatic carbocycles. The molecule has 0 heterocycles. The summed E-state index contributed by atoms with van der Waals surface area (Å²) in [5.74, 6) is -0.687. The first kappa shape index (κ1) is 14.6. The van der Waals surface area contributed by atoms with Crippen LogP contribution in [-0.4, -0.2) is 37.1 Å². The molecule has 1 rings (SSSR count). The second-order valence-electron chi connectivity index (χ2n) is 4.17. The molecule has 1 unspecified atom stereocenters. The van der Waals surface area contributed by atoms with Crippen LogP contribution in [0.1, 0.15) is 12.5 Å². The number of ether oxygens (including phenoxy) is 1. The second kappa shape index (κ2) is 7.08. The minimum Gasteiger partial charge on any atom is -0.383 e. The third kappa shape index (κ3) is 4.43. The predicted octanol–water partition coefficient (Wildman–Crippen LogP) is 1.15. The van der Waals surface area contributed by atoms with Gasteiger partial charge in [-0.1, -0.05) is 12.1 Å². The summed E-state index contributed by atoms with van der Waals surface area (Å²) < 4.78 is 18.1. The lowest BCUT2D eigenvalue weighted by Crippen LogP contribution is -2.43. The molecular formula is C13H19FN2O2. The maximum absolute atomic E-state index is 13.1. The van der Waals surface area contributed by atoms with Gasteiger partial charge < -0.3 is 10.5 Å². The molecule has 1 atom stereocenters. The number of carbonyl (C=O) groups is 1. The van der Waals surface area contributed by atoms with Crippen LogP contribution < -0.4 is 5.73 Å². The number of rotatable bonds is 7. The Morgan fingerprint density at radius 3 is 2.83 bits per heavy atom. The molecule has 0 aromatic heterocycles. The third-order valence-electron chi connectivity index (χ3n) is 2.82. The van der Waals surface area contributed by atoms with Crippen LogP contribution in [0.5, 0.6) is 0 Å². The van der Waals surface area contributed by atoms with E-state index in [1.807, 2.05) is 11.0 Å². The van der Waals surface area contributed by atoms with Gasteiger partial charge in [0.25, 0.3) is 0 Å². The minimum absolute atomic E-state index is 0.286. The van der Waals surface area contributed by atoms with E-state index < -0.39 is 11.9 Å². The molecule has 18 heavy (non-hydrogen) atoms. The van der Waals surface area contributed by atoms with Crippen LogP contribution in [-0.2, 0) is 16.1 Å². The molecule has 5 heteroatoms. The van der Waals surface area contributed by atoms with E-state index in [-0.39, 0.29) is 5.82 Å². The summed E-state index contributed by atoms with van der Waals surface area (Å²) in [5, 5.41) is 0. The van der Waals surface area contributed by atoms with Gasteiger partial charge in [0.15, 0.2) is 0 Å². The molecule has 0 radical (unpaired) electrons. The van der Waals surface area contributed by atoms with Gasteiger partial charge in [-0.2, -0.15) is 0 Å². The number of benzene rings is 1. The van der Waals surface area contributed by atoms with E-state index in [0.717, 1.165) is 5.56 Å². The third-order valence-corrected chi connectivity index (χ3v) is 2.82. The lowest BCUT2D eigenvalue weighted by molar-refractivity contribution is -0.123. The number of hydrogen-bond donors (Lipinski definition) is 1. The van der Waals surface area contributed by atoms with E-state index in [9.17, 15) is 9.18 Å². The summed E-state index contributed by atoms with van der Waals surface area (Å²) in [4.78, 5) is 13.1. The monoisotopic (exact) mass is 254 g/mol. The van der Waals surface area contributed by atoms with E-state index in [4.69, 9.17) is 10.5 Å². The number of nitrogens with zero attached hydrogens (tertiary/aromatic N) is 1. The quantitative estimate of drug-likeness (QED) is 0.794. The molecule has 0 aliphatic heterocycles. The van der Waals surface area contributed by atoms with Gasteiger partial charge in [-0.25, -0.2) is 4.39 Å². The molecular weight excluding hydrogens is 235 g/mol. The van der Waals surface area contributed by atoms with Crippen molar-refractivity contribution in [3.63, 3.8) is 0 Å². The Morgan fingerprint density at radius 1 is 1.56 bits per heavy atom. The number of halogens is 1. The maximum Gasteiger partial charge on any atom is 0.234 e. The molecule has 0 saturated carbocycles. The molecule has 4 nitrogen and oxygen atoms in total. The second-order valence-corrected chi connectivity index (χ2v) is 4.17. The van der Waals surface area contributed by atoms with E-state index in [0.29, 0.717) is 19.7 Å². The van der Waals surface area contributed by atoms with Gasteiger partial charge in [-0.15, -0.1) is 0 Å². The molecule has 100 valence electrons. The maximum atomic E-state index is 13.1. The lowest BCUT2D eigenvalue weighted by atomic mass is 10.1. The van der Waals surface area contributed by atoms with Crippen molar-refractivity contribution in [1.29, 1.82) is 0 Å². The first-order valence-corrected chi connectivity index (χ1v) is 5.81. The minimum atomic E-state index is -0.414. The van der Waals surface area contributed by atoms with Crippen LogP contribution in [0, 0.1) is 5.82 Å². The van der Waals surface area contributed by atoms with Gasteiger partial charge in [0.2, 0.25) is 5.91 Å². The fourth-order valence-electron chi connectivity index (χ4n) is 1.67. The zero-order valence-corrected chi connectivity index (χ0v) is 10.7. The van der Waals surface area contributed by atoms with Crippen molar-refractivity contribution < 1.29 is 13.9 Å². The zero-order chi connectivity index (χ0) is 13.5. The van der Waals surface area contributed by atoms with E-state index in [1.165, 1.54) is 12.1 Å². The van der Waals surface area contributed by atoms with Crippen LogP contribution in [0.4, 0.5) is 4.39 Å². The Hall–Kier alpha value is -1.46. The highest BCUT2D eigenvalue weighted by atomic mass is 19.1. The van der Waals surface area contributed by atoms with Crippen molar-refractivity contribution in [3.05, 3.63) is 35.6 Å². The van der Waals surface area contributed by atoms with Gasteiger partial charge in [0.1, 0.15) is 5.82 Å². The lowest BCUT2D eigenvalue weighted by Gasteiger charge is -2.26. The number of amides is 1. The Morgan fingerprint density at radius 2 is 2.28 bits per heavy atom. The Kier molecular flexibility index (Phi) is 5.74. The average Bonchev–Trinajstić information content (AvgIpc) is 2.33. The summed E-state index contributed by atoms with van der Waals surface area (Å²) in [6.07, 6.45) is 0. The summed E-state index contributed by atoms with van der Waals surface area (Å²) >= 11 is 0. The van der Waals surface area contributed by atoms with Crippen molar-refractivity contribution in [2.45, 2.75) is 19.5 Å². The average molecular weight is 254 g/mol. The van der Waals surface area contributed by atoms with Crippen LogP contribution in [0.15, 0.2) is 24.3 Å². The highest BCUT2D eigenvalue weighted by Gasteiger charge is 2.18. The van der Waals surface area contributed by atoms with Gasteiger partial charge in [0.05, 0.1) is 12.6 Å². The van der Waals surface area contributed by atoms with E-state index in [1.54, 1.807) is 20.1 Å². The number of primary amides is 1. The van der Waals surface area contributed by atoms with Crippen molar-refractivity contribution in [1.82, 2.24) is 4.90 Å². The molecule has 0 aliphatic carbocycles. The molecule has 1 amide bonds. The standard InChI is InChI=1S/C13H19FN2O2/c1-10(13(15)17)16(6-7-18-2)9-11-4-3-5-12(14)8-11/h3-5,8,10H,6-7,9H2,1-2H3,(H2,15,17). The summed E-state index contributed by atoms with van der Waals surface area (Å²) in [6, 6.07) is 5.89. The summed E-state index contributed by atoms with van der Waals surface area (Å²) in [5.41, 5.74) is 6.10. The fourth-order valence-corrected chi connectivity index (χ4v) is 1.67. The van der Waals surface area contributed by atoms with Gasteiger partial charge >= 0.3 is 0 Å². The highest BCUT2D eigenvalue weighted by Crippen LogP contribution is 2.10. The Balaban J connectivity index is 2.74. The molecule has 0 fully saturated rings. The topological polar surface area (TPSA) is 55.6 Å². The fraction of sp³-hybridized carbons (Fsp3) is 0.462. The van der Waals surface area contributed by atoms with Gasteiger partial charge in [-0.3, -0.25) is 9.69 Å². The Labute approximate surface area is 107 Å². The molecule has 1 aromatic rings. The normalized spacial score (nSPS) is 12.7. The summed E-state index contributed by atoms with van der Waals surface area (Å²) in [7, 11) is 1.59. The highest BCUT2D eigenvalue weighted by molar-refractivity contribution is 5.79. The molecule has 2 N–H and O–H groups in total. The zero-order valence-electron chi connectivity index (χ0n) is 10.7. The van der Waals surface area contributed by atoms with Crippen molar-refractivity contribution in [2.75, 3.05) is 20.3 Å². The smallest absolute Gasteiger partial charge is 0.234 e. The SMILES string of the molecule is COCCN(Cc1cccc(F)c1)C(C)C(N)=O. The van der Waals surface area contributed by atoms with Crippen LogP contribution in [0.3, 0.4) is 0 Å². The van der Waals surface area contributed by atoms with Crippen molar-refractivity contribution in [3.8, 4) is 0 Å². The number of methoxy groups -OCH3 is 1. The predicted molar refractivity (Wildman–Crippen MR) is 67.3 cm³/mol. The van der Waals surface area contributed by atoms with Crippen LogP contribution in [0.25, 0.3) is 0 Å². The number of hydrogen-bond acceptors (Lipinski definition) is 3. The van der Waals surface area contributed by atoms with Gasteiger partial charge in [0, 0.05) is 20.2 Å². The van der Waals surface area contributed by atoms with Crippen molar-refractivity contribution >= 4 is 5.91 Å². The van der Waals surface area contributed by atoms with E-state index in [2.05, 4.69) is 0 Å². The molecule has 0 bridgehead atoms. The molecule has 0 saturated heterocycles. The van der Waals surface area contributed by atoms with Crippen LogP contribution in [0.2, 0.25) is 0 Å². The first-order chi connectivity index (χ1) is 8.54. The van der Waals surface area contributed by atoms with E-state index >= 15 is 0 Å². The summed E-state index contributed by atoms with van der Waals surface area (Å²) in [6.45, 7) is 3.26. The Bertz CT molecular complexity index is 398. The number of nitrogens with two attached hydrogens (primary N) is 1. The van der Waals surface area contributed by atoms with Crippen LogP contribution >= 0.6 is 0 Å². The molecule has 0 aliphatic rings.